The lowest BCUT2D eigenvalue weighted by Gasteiger charge is -2.06. The highest BCUT2D eigenvalue weighted by molar-refractivity contribution is 9.10. The molecule has 0 heterocycles. The summed E-state index contributed by atoms with van der Waals surface area (Å²) < 4.78 is 5.78. The van der Waals surface area contributed by atoms with Gasteiger partial charge in [-0.3, -0.25) is 14.9 Å². The van der Waals surface area contributed by atoms with Gasteiger partial charge in [0.15, 0.2) is 0 Å². The largest absolute Gasteiger partial charge is 0.496 e. The molecule has 25 heavy (non-hydrogen) atoms. The van der Waals surface area contributed by atoms with Gasteiger partial charge in [-0.05, 0) is 45.8 Å². The summed E-state index contributed by atoms with van der Waals surface area (Å²) in [5.74, 6) is -0.122. The van der Waals surface area contributed by atoms with Crippen LogP contribution in [0.4, 0.5) is 11.4 Å². The number of benzene rings is 2. The molecule has 0 spiro atoms. The van der Waals surface area contributed by atoms with E-state index in [0.717, 1.165) is 0 Å². The fourth-order valence-electron chi connectivity index (χ4n) is 2.02. The summed E-state index contributed by atoms with van der Waals surface area (Å²) in [5.41, 5.74) is 0.187. The van der Waals surface area contributed by atoms with Gasteiger partial charge >= 0.3 is 0 Å². The third-order valence-corrected chi connectivity index (χ3v) is 3.82. The Bertz CT molecular complexity index is 903. The second-order valence-corrected chi connectivity index (χ2v) is 5.65. The highest BCUT2D eigenvalue weighted by Gasteiger charge is 2.17. The molecule has 126 valence electrons. The maximum Gasteiger partial charge on any atom is 0.292 e. The quantitative estimate of drug-likeness (QED) is 0.353. The third kappa shape index (κ3) is 4.43. The van der Waals surface area contributed by atoms with Crippen molar-refractivity contribution in [2.75, 3.05) is 12.4 Å². The fraction of sp³-hybridized carbons (Fsp3) is 0.0588. The van der Waals surface area contributed by atoms with Crippen LogP contribution in [0.3, 0.4) is 0 Å². The minimum Gasteiger partial charge on any atom is -0.496 e. The molecule has 1 N–H and O–H groups in total. The van der Waals surface area contributed by atoms with Crippen molar-refractivity contribution < 1.29 is 14.5 Å². The predicted octanol–water partition coefficient (Wildman–Crippen LogP) is 3.91. The van der Waals surface area contributed by atoms with Gasteiger partial charge in [0.2, 0.25) is 0 Å². The molecule has 0 aromatic heterocycles. The second-order valence-electron chi connectivity index (χ2n) is 4.79. The van der Waals surface area contributed by atoms with E-state index in [1.165, 1.54) is 31.4 Å². The molecule has 8 heteroatoms. The first-order valence-corrected chi connectivity index (χ1v) is 7.75. The molecular weight excluding hydrogens is 390 g/mol. The van der Waals surface area contributed by atoms with Crippen LogP contribution in [-0.2, 0) is 4.79 Å². The Hall–Kier alpha value is -3.18. The van der Waals surface area contributed by atoms with Crippen LogP contribution in [0.15, 0.2) is 52.5 Å². The number of amides is 1. The number of halogens is 1. The van der Waals surface area contributed by atoms with Crippen molar-refractivity contribution in [3.63, 3.8) is 0 Å². The Labute approximate surface area is 151 Å². The Kier molecular flexibility index (Phi) is 5.87. The molecule has 0 bridgehead atoms. The number of rotatable bonds is 5. The first-order chi connectivity index (χ1) is 12.0. The summed E-state index contributed by atoms with van der Waals surface area (Å²) in [4.78, 5) is 22.7. The summed E-state index contributed by atoms with van der Waals surface area (Å²) in [6, 6.07) is 12.6. The van der Waals surface area contributed by atoms with Crippen molar-refractivity contribution in [2.24, 2.45) is 0 Å². The molecule has 0 aliphatic carbocycles. The van der Waals surface area contributed by atoms with Gasteiger partial charge in [0.05, 0.1) is 16.5 Å². The van der Waals surface area contributed by atoms with Crippen LogP contribution in [0, 0.1) is 21.4 Å². The van der Waals surface area contributed by atoms with Gasteiger partial charge in [0.25, 0.3) is 11.6 Å². The predicted molar refractivity (Wildman–Crippen MR) is 96.0 cm³/mol. The zero-order valence-corrected chi connectivity index (χ0v) is 14.6. The molecule has 7 nitrogen and oxygen atoms in total. The van der Waals surface area contributed by atoms with Crippen LogP contribution in [0.25, 0.3) is 6.08 Å². The monoisotopic (exact) mass is 401 g/mol. The number of hydrogen-bond donors (Lipinski definition) is 1. The topological polar surface area (TPSA) is 105 Å². The average Bonchev–Trinajstić information content (AvgIpc) is 2.60. The van der Waals surface area contributed by atoms with Gasteiger partial charge in [-0.15, -0.1) is 0 Å². The number of nitrogens with zero attached hydrogens (tertiary/aromatic N) is 2. The molecule has 0 aliphatic heterocycles. The number of carbonyl (C=O) groups excluding carboxylic acids is 1. The first-order valence-electron chi connectivity index (χ1n) is 6.96. The van der Waals surface area contributed by atoms with Crippen LogP contribution in [0.5, 0.6) is 5.75 Å². The number of nitro benzene ring substituents is 1. The molecule has 0 radical (unpaired) electrons. The standard InChI is InChI=1S/C17H12BrN3O4/c1-25-16-7-6-11(9-13(16)18)8-12(10-19)17(22)20-14-4-2-3-5-15(14)21(23)24/h2-9H,1H3,(H,20,22). The average molecular weight is 402 g/mol. The summed E-state index contributed by atoms with van der Waals surface area (Å²) in [7, 11) is 1.52. The number of ether oxygens (including phenoxy) is 1. The number of nitro groups is 1. The second kappa shape index (κ2) is 8.08. The van der Waals surface area contributed by atoms with Crippen molar-refractivity contribution in [2.45, 2.75) is 0 Å². The zero-order valence-electron chi connectivity index (χ0n) is 13.0. The van der Waals surface area contributed by atoms with Crippen LogP contribution in [0.1, 0.15) is 5.56 Å². The number of nitriles is 1. The van der Waals surface area contributed by atoms with Crippen molar-refractivity contribution in [3.05, 3.63) is 68.2 Å². The Balaban J connectivity index is 2.29. The van der Waals surface area contributed by atoms with E-state index in [4.69, 9.17) is 4.74 Å². The summed E-state index contributed by atoms with van der Waals surface area (Å²) >= 11 is 3.32. The van der Waals surface area contributed by atoms with E-state index in [1.807, 2.05) is 0 Å². The summed E-state index contributed by atoms with van der Waals surface area (Å²) in [6.45, 7) is 0. The highest BCUT2D eigenvalue weighted by atomic mass is 79.9. The van der Waals surface area contributed by atoms with Gasteiger partial charge in [-0.1, -0.05) is 18.2 Å². The number of nitrogens with one attached hydrogen (secondary N) is 1. The first kappa shape index (κ1) is 18.2. The van der Waals surface area contributed by atoms with E-state index < -0.39 is 10.8 Å². The maximum atomic E-state index is 12.3. The molecule has 2 rings (SSSR count). The molecule has 2 aromatic rings. The van der Waals surface area contributed by atoms with Gasteiger partial charge in [-0.25, -0.2) is 0 Å². The van der Waals surface area contributed by atoms with Crippen molar-refractivity contribution in [3.8, 4) is 11.8 Å². The minimum absolute atomic E-state index is 0.0227. The van der Waals surface area contributed by atoms with Gasteiger partial charge < -0.3 is 10.1 Å². The summed E-state index contributed by atoms with van der Waals surface area (Å²) in [6.07, 6.45) is 1.38. The number of anilines is 1. The molecule has 0 atom stereocenters. The number of carbonyl (C=O) groups is 1. The molecule has 1 amide bonds. The van der Waals surface area contributed by atoms with E-state index in [2.05, 4.69) is 21.2 Å². The van der Waals surface area contributed by atoms with E-state index in [0.29, 0.717) is 15.8 Å². The maximum absolute atomic E-state index is 12.3. The molecule has 0 fully saturated rings. The number of methoxy groups -OCH3 is 1. The Morgan fingerprint density at radius 2 is 2.08 bits per heavy atom. The van der Waals surface area contributed by atoms with Crippen molar-refractivity contribution in [1.29, 1.82) is 5.26 Å². The number of hydrogen-bond acceptors (Lipinski definition) is 5. The third-order valence-electron chi connectivity index (χ3n) is 3.20. The summed E-state index contributed by atoms with van der Waals surface area (Å²) in [5, 5.41) is 22.6. The lowest BCUT2D eigenvalue weighted by atomic mass is 10.1. The van der Waals surface area contributed by atoms with Crippen LogP contribution in [-0.4, -0.2) is 17.9 Å². The lowest BCUT2D eigenvalue weighted by molar-refractivity contribution is -0.383. The minimum atomic E-state index is -0.733. The van der Waals surface area contributed by atoms with Crippen molar-refractivity contribution in [1.82, 2.24) is 0 Å². The normalized spacial score (nSPS) is 10.7. The van der Waals surface area contributed by atoms with Gasteiger partial charge in [0.1, 0.15) is 23.1 Å². The van der Waals surface area contributed by atoms with Gasteiger partial charge in [-0.2, -0.15) is 5.26 Å². The molecule has 0 saturated heterocycles. The van der Waals surface area contributed by atoms with Crippen LogP contribution in [0.2, 0.25) is 0 Å². The SMILES string of the molecule is COc1ccc(C=C(C#N)C(=O)Nc2ccccc2[N+](=O)[O-])cc1Br. The zero-order chi connectivity index (χ0) is 18.4. The molecule has 0 aliphatic rings. The van der Waals surface area contributed by atoms with Gasteiger partial charge in [0, 0.05) is 6.07 Å². The molecule has 0 unspecified atom stereocenters. The smallest absolute Gasteiger partial charge is 0.292 e. The Morgan fingerprint density at radius 3 is 2.68 bits per heavy atom. The molecular formula is C17H12BrN3O4. The Morgan fingerprint density at radius 1 is 1.36 bits per heavy atom. The van der Waals surface area contributed by atoms with E-state index in [1.54, 1.807) is 30.3 Å². The van der Waals surface area contributed by atoms with E-state index in [9.17, 15) is 20.2 Å². The van der Waals surface area contributed by atoms with Crippen molar-refractivity contribution >= 4 is 39.3 Å². The fourth-order valence-corrected chi connectivity index (χ4v) is 2.57. The number of para-hydroxylation sites is 2. The molecule has 0 saturated carbocycles. The van der Waals surface area contributed by atoms with E-state index in [-0.39, 0.29) is 16.9 Å². The highest BCUT2D eigenvalue weighted by Crippen LogP contribution is 2.27. The lowest BCUT2D eigenvalue weighted by Crippen LogP contribution is -2.14. The van der Waals surface area contributed by atoms with E-state index >= 15 is 0 Å². The van der Waals surface area contributed by atoms with Crippen LogP contribution >= 0.6 is 15.9 Å². The molecule has 2 aromatic carbocycles. The van der Waals surface area contributed by atoms with Crippen LogP contribution < -0.4 is 10.1 Å².